The van der Waals surface area contributed by atoms with Crippen LogP contribution in [-0.2, 0) is 6.42 Å². The Balaban J connectivity index is 1.50. The standard InChI is InChI=1S/C34H45NO6/c1-24(2)10-7-11-25(3)12-8-13-26(4)14-9-20-34(6)21-19-28-23-31(22-27(5)32(28)41-34)40-33(36)39-30-17-15-29(16-18-30)35(37)38/h10,12,14-18,22-23,35,37H,7-9,11,13,19-21H2,1-6H3/b25-12+,26-14+/t34-/m1/s1. The number of nitrogens with one attached hydrogen (secondary N) is 1. The maximum absolute atomic E-state index is 12.3. The van der Waals surface area contributed by atoms with Gasteiger partial charge in [-0.3, -0.25) is 0 Å². The summed E-state index contributed by atoms with van der Waals surface area (Å²) >= 11 is 0. The Labute approximate surface area is 244 Å². The first-order valence-corrected chi connectivity index (χ1v) is 14.4. The molecular weight excluding hydrogens is 518 g/mol. The van der Waals surface area contributed by atoms with Gasteiger partial charge in [0.15, 0.2) is 5.69 Å². The van der Waals surface area contributed by atoms with E-state index in [9.17, 15) is 10.0 Å². The summed E-state index contributed by atoms with van der Waals surface area (Å²) in [5.74, 6) is 1.46. The summed E-state index contributed by atoms with van der Waals surface area (Å²) in [4.78, 5) is 12.3. The number of hydrogen-bond donors (Lipinski definition) is 2. The zero-order valence-electron chi connectivity index (χ0n) is 25.3. The van der Waals surface area contributed by atoms with Crippen molar-refractivity contribution in [1.82, 2.24) is 0 Å². The van der Waals surface area contributed by atoms with E-state index in [4.69, 9.17) is 19.4 Å². The molecule has 2 atom stereocenters. The maximum atomic E-state index is 12.3. The molecule has 0 saturated heterocycles. The largest absolute Gasteiger partial charge is 0.595 e. The third-order valence-electron chi connectivity index (χ3n) is 7.39. The number of rotatable bonds is 12. The highest BCUT2D eigenvalue weighted by atomic mass is 16.8. The average Bonchev–Trinajstić information content (AvgIpc) is 2.89. The topological polar surface area (TPSA) is 92.5 Å². The highest BCUT2D eigenvalue weighted by Crippen LogP contribution is 2.40. The van der Waals surface area contributed by atoms with Crippen molar-refractivity contribution in [3.05, 3.63) is 87.7 Å². The van der Waals surface area contributed by atoms with Crippen molar-refractivity contribution in [2.45, 2.75) is 98.5 Å². The van der Waals surface area contributed by atoms with Crippen LogP contribution in [0.25, 0.3) is 0 Å². The molecule has 0 fully saturated rings. The van der Waals surface area contributed by atoms with E-state index >= 15 is 0 Å². The first-order valence-electron chi connectivity index (χ1n) is 14.4. The van der Waals surface area contributed by atoms with Gasteiger partial charge in [-0.2, -0.15) is 5.23 Å². The lowest BCUT2D eigenvalue weighted by atomic mass is 9.87. The molecule has 1 heterocycles. The van der Waals surface area contributed by atoms with E-state index in [1.807, 2.05) is 13.0 Å². The van der Waals surface area contributed by atoms with E-state index < -0.39 is 11.4 Å². The fraction of sp³-hybridized carbons (Fsp3) is 0.441. The second kappa shape index (κ2) is 15.0. The minimum atomic E-state index is -1.05. The van der Waals surface area contributed by atoms with Gasteiger partial charge >= 0.3 is 6.16 Å². The summed E-state index contributed by atoms with van der Waals surface area (Å²) in [6.07, 6.45) is 14.2. The lowest BCUT2D eigenvalue weighted by molar-refractivity contribution is -0.991. The fourth-order valence-corrected chi connectivity index (χ4v) is 4.92. The van der Waals surface area contributed by atoms with Crippen molar-refractivity contribution in [3.63, 3.8) is 0 Å². The molecule has 2 aromatic carbocycles. The molecule has 0 spiro atoms. The fourth-order valence-electron chi connectivity index (χ4n) is 4.92. The van der Waals surface area contributed by atoms with Gasteiger partial charge in [0.1, 0.15) is 22.8 Å². The number of carbonyl (C=O) groups is 1. The Hall–Kier alpha value is -3.39. The number of fused-ring (bicyclic) bond motifs is 1. The molecule has 2 aromatic rings. The van der Waals surface area contributed by atoms with Crippen LogP contribution in [0.3, 0.4) is 0 Å². The Morgan fingerprint density at radius 3 is 2.22 bits per heavy atom. The third kappa shape index (κ3) is 10.5. The first kappa shape index (κ1) is 32.1. The zero-order chi connectivity index (χ0) is 30.0. The lowest BCUT2D eigenvalue weighted by Gasteiger charge is -2.36. The Bertz CT molecular complexity index is 1270. The normalized spacial score (nSPS) is 17.8. The summed E-state index contributed by atoms with van der Waals surface area (Å²) in [6, 6.07) is 9.18. The monoisotopic (exact) mass is 563 g/mol. The maximum Gasteiger partial charge on any atom is 0.519 e. The van der Waals surface area contributed by atoms with Gasteiger partial charge in [0.2, 0.25) is 0 Å². The molecule has 7 nitrogen and oxygen atoms in total. The van der Waals surface area contributed by atoms with Gasteiger partial charge in [-0.15, -0.1) is 0 Å². The van der Waals surface area contributed by atoms with Crippen molar-refractivity contribution in [2.75, 3.05) is 0 Å². The van der Waals surface area contributed by atoms with Crippen LogP contribution < -0.4 is 19.4 Å². The molecule has 0 bridgehead atoms. The quantitative estimate of drug-likeness (QED) is 0.117. The number of quaternary nitrogens is 1. The van der Waals surface area contributed by atoms with Crippen LogP contribution in [0, 0.1) is 12.1 Å². The molecule has 2 N–H and O–H groups in total. The van der Waals surface area contributed by atoms with Crippen molar-refractivity contribution in [1.29, 1.82) is 0 Å². The van der Waals surface area contributed by atoms with Crippen LogP contribution in [0.5, 0.6) is 17.2 Å². The molecule has 7 heteroatoms. The van der Waals surface area contributed by atoms with Crippen LogP contribution in [0.4, 0.5) is 10.5 Å². The van der Waals surface area contributed by atoms with Crippen molar-refractivity contribution >= 4 is 11.8 Å². The van der Waals surface area contributed by atoms with Crippen molar-refractivity contribution < 1.29 is 29.4 Å². The molecule has 222 valence electrons. The molecule has 41 heavy (non-hydrogen) atoms. The Morgan fingerprint density at radius 1 is 0.976 bits per heavy atom. The van der Waals surface area contributed by atoms with E-state index in [1.165, 1.54) is 41.0 Å². The molecule has 0 aromatic heterocycles. The molecular formula is C34H45NO6. The molecule has 1 aliphatic heterocycles. The average molecular weight is 564 g/mol. The predicted octanol–water partition coefficient (Wildman–Crippen LogP) is 8.26. The molecule has 0 radical (unpaired) electrons. The van der Waals surface area contributed by atoms with E-state index in [2.05, 4.69) is 52.8 Å². The smallest absolute Gasteiger partial charge is 0.519 e. The van der Waals surface area contributed by atoms with Gasteiger partial charge in [-0.1, -0.05) is 34.9 Å². The summed E-state index contributed by atoms with van der Waals surface area (Å²) in [6.45, 7) is 12.9. The number of benzene rings is 2. The van der Waals surface area contributed by atoms with Gasteiger partial charge in [-0.05, 0) is 128 Å². The van der Waals surface area contributed by atoms with E-state index in [1.54, 1.807) is 6.07 Å². The molecule has 0 amide bonds. The van der Waals surface area contributed by atoms with E-state index in [0.29, 0.717) is 5.75 Å². The minimum Gasteiger partial charge on any atom is -0.595 e. The summed E-state index contributed by atoms with van der Waals surface area (Å²) in [5.41, 5.74) is 6.03. The van der Waals surface area contributed by atoms with Gasteiger partial charge in [0.25, 0.3) is 0 Å². The number of ether oxygens (including phenoxy) is 3. The summed E-state index contributed by atoms with van der Waals surface area (Å²) in [5, 5.41) is 18.9. The van der Waals surface area contributed by atoms with Crippen LogP contribution in [0.2, 0.25) is 0 Å². The second-order valence-electron chi connectivity index (χ2n) is 11.6. The Kier molecular flexibility index (Phi) is 11.8. The van der Waals surface area contributed by atoms with Crippen LogP contribution in [0.1, 0.15) is 90.7 Å². The molecule has 0 saturated carbocycles. The second-order valence-corrected chi connectivity index (χ2v) is 11.6. The number of aryl methyl sites for hydroxylation is 2. The van der Waals surface area contributed by atoms with Gasteiger partial charge < -0.3 is 19.4 Å². The SMILES string of the molecule is CC(C)=CCC/C(C)=C/CC/C(C)=C/CC[C@]1(C)CCc2cc(OC(=O)Oc3ccc([NH+]([O-])O)cc3)cc(C)c2O1. The summed E-state index contributed by atoms with van der Waals surface area (Å²) < 4.78 is 17.1. The van der Waals surface area contributed by atoms with E-state index in [-0.39, 0.29) is 17.0 Å². The van der Waals surface area contributed by atoms with E-state index in [0.717, 1.165) is 68.2 Å². The van der Waals surface area contributed by atoms with Gasteiger partial charge in [0.05, 0.1) is 0 Å². The molecule has 1 aliphatic rings. The lowest BCUT2D eigenvalue weighted by Crippen LogP contribution is -2.99. The van der Waals surface area contributed by atoms with Gasteiger partial charge in [-0.25, -0.2) is 10.0 Å². The third-order valence-corrected chi connectivity index (χ3v) is 7.39. The highest BCUT2D eigenvalue weighted by Gasteiger charge is 2.32. The van der Waals surface area contributed by atoms with Crippen LogP contribution >= 0.6 is 0 Å². The number of carbonyl (C=O) groups excluding carboxylic acids is 1. The molecule has 0 aliphatic carbocycles. The molecule has 1 unspecified atom stereocenters. The highest BCUT2D eigenvalue weighted by molar-refractivity contribution is 5.68. The summed E-state index contributed by atoms with van der Waals surface area (Å²) in [7, 11) is 0. The van der Waals surface area contributed by atoms with Crippen molar-refractivity contribution in [3.8, 4) is 17.2 Å². The first-order chi connectivity index (χ1) is 19.4. The van der Waals surface area contributed by atoms with Crippen molar-refractivity contribution in [2.24, 2.45) is 0 Å². The zero-order valence-corrected chi connectivity index (χ0v) is 25.3. The van der Waals surface area contributed by atoms with Gasteiger partial charge in [0, 0.05) is 12.1 Å². The van der Waals surface area contributed by atoms with Crippen LogP contribution in [-0.4, -0.2) is 17.0 Å². The predicted molar refractivity (Wildman–Crippen MR) is 162 cm³/mol. The number of allylic oxidation sites excluding steroid dienone is 6. The van der Waals surface area contributed by atoms with Crippen LogP contribution in [0.15, 0.2) is 71.3 Å². The minimum absolute atomic E-state index is 0.110. The Morgan fingerprint density at radius 2 is 1.59 bits per heavy atom. The number of hydrogen-bond acceptors (Lipinski definition) is 6. The molecule has 3 rings (SSSR count).